The van der Waals surface area contributed by atoms with Gasteiger partial charge in [0.1, 0.15) is 5.75 Å². The second-order valence-electron chi connectivity index (χ2n) is 5.47. The Hall–Kier alpha value is -1.07. The van der Waals surface area contributed by atoms with Gasteiger partial charge in [-0.25, -0.2) is 0 Å². The lowest BCUT2D eigenvalue weighted by Gasteiger charge is -2.26. The number of likely N-dealkylation sites (N-methyl/N-ethyl adjacent to an activating group) is 1. The third-order valence-corrected chi connectivity index (χ3v) is 4.41. The molecule has 1 aromatic rings. The molecule has 1 aromatic carbocycles. The van der Waals surface area contributed by atoms with Crippen LogP contribution in [0.25, 0.3) is 0 Å². The summed E-state index contributed by atoms with van der Waals surface area (Å²) in [5.41, 5.74) is 1.13. The van der Waals surface area contributed by atoms with Crippen molar-refractivity contribution in [1.82, 2.24) is 10.2 Å². The molecule has 2 rings (SSSR count). The van der Waals surface area contributed by atoms with Gasteiger partial charge in [-0.15, -0.1) is 0 Å². The van der Waals surface area contributed by atoms with Crippen molar-refractivity contribution in [1.29, 1.82) is 0 Å². The summed E-state index contributed by atoms with van der Waals surface area (Å²) in [7, 11) is 1.84. The second kappa shape index (κ2) is 7.27. The minimum Gasteiger partial charge on any atom is -0.493 e. The molecule has 1 aliphatic rings. The third-order valence-electron chi connectivity index (χ3n) is 3.92. The molecule has 116 valence electrons. The molecule has 0 saturated carbocycles. The molecule has 2 unspecified atom stereocenters. The number of carbonyl (C=O) groups excluding carboxylic acids is 1. The highest BCUT2D eigenvalue weighted by Gasteiger charge is 2.24. The van der Waals surface area contributed by atoms with Gasteiger partial charge in [-0.3, -0.25) is 10.1 Å². The summed E-state index contributed by atoms with van der Waals surface area (Å²) in [4.78, 5) is 14.0. The third kappa shape index (κ3) is 3.98. The van der Waals surface area contributed by atoms with E-state index in [9.17, 15) is 4.79 Å². The van der Waals surface area contributed by atoms with Crippen LogP contribution in [-0.2, 0) is 4.79 Å². The van der Waals surface area contributed by atoms with E-state index in [0.717, 1.165) is 41.8 Å². The van der Waals surface area contributed by atoms with Crippen LogP contribution in [0.3, 0.4) is 0 Å². The van der Waals surface area contributed by atoms with Crippen molar-refractivity contribution in [3.8, 4) is 5.75 Å². The standard InChI is InChI=1S/C16H23BrN2O2/c1-4-19(3)16(20)11(2)18-14-6-5-9-21-15-10-12(17)7-8-13(14)15/h7-8,10-11,14,18H,4-6,9H2,1-3H3. The number of benzene rings is 1. The Morgan fingerprint density at radius 2 is 2.33 bits per heavy atom. The SMILES string of the molecule is CCN(C)C(=O)C(C)NC1CCCOc2cc(Br)ccc21. The zero-order valence-corrected chi connectivity index (χ0v) is 14.4. The molecule has 2 atom stereocenters. The normalized spacial score (nSPS) is 19.1. The monoisotopic (exact) mass is 354 g/mol. The first-order valence-corrected chi connectivity index (χ1v) is 8.25. The minimum absolute atomic E-state index is 0.126. The zero-order chi connectivity index (χ0) is 15.4. The van der Waals surface area contributed by atoms with Crippen LogP contribution in [0.15, 0.2) is 22.7 Å². The number of ether oxygens (including phenoxy) is 1. The molecule has 0 aliphatic carbocycles. The molecule has 21 heavy (non-hydrogen) atoms. The fourth-order valence-corrected chi connectivity index (χ4v) is 2.92. The lowest BCUT2D eigenvalue weighted by molar-refractivity contribution is -0.131. The van der Waals surface area contributed by atoms with Crippen LogP contribution in [0.2, 0.25) is 0 Å². The Bertz CT molecular complexity index is 507. The second-order valence-corrected chi connectivity index (χ2v) is 6.38. The first kappa shape index (κ1) is 16.3. The lowest BCUT2D eigenvalue weighted by atomic mass is 10.0. The number of rotatable bonds is 4. The van der Waals surface area contributed by atoms with Gasteiger partial charge < -0.3 is 9.64 Å². The average molecular weight is 355 g/mol. The van der Waals surface area contributed by atoms with Gasteiger partial charge >= 0.3 is 0 Å². The van der Waals surface area contributed by atoms with E-state index in [-0.39, 0.29) is 18.0 Å². The van der Waals surface area contributed by atoms with Gasteiger partial charge in [0.25, 0.3) is 0 Å². The molecule has 0 radical (unpaired) electrons. The molecule has 0 fully saturated rings. The fraction of sp³-hybridized carbons (Fsp3) is 0.562. The summed E-state index contributed by atoms with van der Waals surface area (Å²) in [6.07, 6.45) is 1.95. The first-order valence-electron chi connectivity index (χ1n) is 7.46. The number of hydrogen-bond donors (Lipinski definition) is 1. The van der Waals surface area contributed by atoms with Crippen molar-refractivity contribution in [2.24, 2.45) is 0 Å². The summed E-state index contributed by atoms with van der Waals surface area (Å²) >= 11 is 3.48. The smallest absolute Gasteiger partial charge is 0.239 e. The first-order chi connectivity index (χ1) is 10.0. The van der Waals surface area contributed by atoms with E-state index in [4.69, 9.17) is 4.74 Å². The van der Waals surface area contributed by atoms with Crippen LogP contribution < -0.4 is 10.1 Å². The number of carbonyl (C=O) groups is 1. The highest BCUT2D eigenvalue weighted by atomic mass is 79.9. The molecule has 4 nitrogen and oxygen atoms in total. The maximum absolute atomic E-state index is 12.2. The zero-order valence-electron chi connectivity index (χ0n) is 12.9. The Labute approximate surface area is 135 Å². The number of fused-ring (bicyclic) bond motifs is 1. The molecule has 1 heterocycles. The molecule has 0 spiro atoms. The molecule has 0 saturated heterocycles. The van der Waals surface area contributed by atoms with Crippen LogP contribution >= 0.6 is 15.9 Å². The van der Waals surface area contributed by atoms with E-state index in [2.05, 4.69) is 27.3 Å². The number of amides is 1. The van der Waals surface area contributed by atoms with Crippen molar-refractivity contribution in [3.63, 3.8) is 0 Å². The average Bonchev–Trinajstić information content (AvgIpc) is 2.67. The van der Waals surface area contributed by atoms with Crippen LogP contribution in [0.4, 0.5) is 0 Å². The van der Waals surface area contributed by atoms with Gasteiger partial charge in [0.15, 0.2) is 0 Å². The van der Waals surface area contributed by atoms with Gasteiger partial charge in [0, 0.05) is 29.7 Å². The largest absolute Gasteiger partial charge is 0.493 e. The summed E-state index contributed by atoms with van der Waals surface area (Å²) in [6.45, 7) is 5.36. The van der Waals surface area contributed by atoms with Gasteiger partial charge in [-0.1, -0.05) is 22.0 Å². The van der Waals surface area contributed by atoms with Gasteiger partial charge in [0.05, 0.1) is 12.6 Å². The Morgan fingerprint density at radius 1 is 1.57 bits per heavy atom. The van der Waals surface area contributed by atoms with Crippen LogP contribution in [-0.4, -0.2) is 37.0 Å². The summed E-state index contributed by atoms with van der Waals surface area (Å²) in [5, 5.41) is 3.46. The van der Waals surface area contributed by atoms with Crippen LogP contribution in [0.1, 0.15) is 38.3 Å². The number of halogens is 1. The fourth-order valence-electron chi connectivity index (χ4n) is 2.58. The van der Waals surface area contributed by atoms with Crippen LogP contribution in [0.5, 0.6) is 5.75 Å². The van der Waals surface area contributed by atoms with Gasteiger partial charge in [0.2, 0.25) is 5.91 Å². The van der Waals surface area contributed by atoms with Crippen molar-refractivity contribution in [3.05, 3.63) is 28.2 Å². The summed E-state index contributed by atoms with van der Waals surface area (Å²) in [5.74, 6) is 1.03. The molecule has 5 heteroatoms. The lowest BCUT2D eigenvalue weighted by Crippen LogP contribution is -2.44. The van der Waals surface area contributed by atoms with Crippen LogP contribution in [0, 0.1) is 0 Å². The van der Waals surface area contributed by atoms with Gasteiger partial charge in [-0.05, 0) is 38.8 Å². The van der Waals surface area contributed by atoms with E-state index in [1.165, 1.54) is 0 Å². The van der Waals surface area contributed by atoms with E-state index >= 15 is 0 Å². The molecular formula is C16H23BrN2O2. The van der Waals surface area contributed by atoms with Crippen molar-refractivity contribution < 1.29 is 9.53 Å². The molecule has 1 aliphatic heterocycles. The molecule has 0 bridgehead atoms. The van der Waals surface area contributed by atoms with E-state index in [0.29, 0.717) is 0 Å². The number of nitrogens with zero attached hydrogens (tertiary/aromatic N) is 1. The Kier molecular flexibility index (Phi) is 5.65. The minimum atomic E-state index is -0.199. The van der Waals surface area contributed by atoms with E-state index in [1.807, 2.05) is 33.0 Å². The Balaban J connectivity index is 2.15. The maximum Gasteiger partial charge on any atom is 0.239 e. The molecule has 0 aromatic heterocycles. The molecule has 1 amide bonds. The highest BCUT2D eigenvalue weighted by molar-refractivity contribution is 9.10. The van der Waals surface area contributed by atoms with E-state index < -0.39 is 0 Å². The topological polar surface area (TPSA) is 41.6 Å². The predicted molar refractivity (Wildman–Crippen MR) is 87.5 cm³/mol. The number of nitrogens with one attached hydrogen (secondary N) is 1. The van der Waals surface area contributed by atoms with Crippen molar-refractivity contribution in [2.45, 2.75) is 38.8 Å². The Morgan fingerprint density at radius 3 is 3.05 bits per heavy atom. The summed E-state index contributed by atoms with van der Waals surface area (Å²) < 4.78 is 6.82. The van der Waals surface area contributed by atoms with E-state index in [1.54, 1.807) is 4.90 Å². The van der Waals surface area contributed by atoms with Gasteiger partial charge in [-0.2, -0.15) is 0 Å². The maximum atomic E-state index is 12.2. The molecule has 1 N–H and O–H groups in total. The number of hydrogen-bond acceptors (Lipinski definition) is 3. The predicted octanol–water partition coefficient (Wildman–Crippen LogP) is 3.12. The van der Waals surface area contributed by atoms with Crippen molar-refractivity contribution in [2.75, 3.05) is 20.2 Å². The highest BCUT2D eigenvalue weighted by Crippen LogP contribution is 2.33. The summed E-state index contributed by atoms with van der Waals surface area (Å²) in [6, 6.07) is 6.05. The molecular weight excluding hydrogens is 332 g/mol. The van der Waals surface area contributed by atoms with Crippen molar-refractivity contribution >= 4 is 21.8 Å². The quantitative estimate of drug-likeness (QED) is 0.902.